The lowest BCUT2D eigenvalue weighted by atomic mass is 9.99. The maximum absolute atomic E-state index is 12.1. The topological polar surface area (TPSA) is 112 Å². The molecule has 25 heavy (non-hydrogen) atoms. The van der Waals surface area contributed by atoms with Crippen molar-refractivity contribution in [3.63, 3.8) is 0 Å². The van der Waals surface area contributed by atoms with Gasteiger partial charge in [-0.1, -0.05) is 0 Å². The molecule has 0 aliphatic carbocycles. The fraction of sp³-hybridized carbons (Fsp3) is 0.688. The molecule has 1 aromatic rings. The molecule has 2 rings (SSSR count). The fourth-order valence-electron chi connectivity index (χ4n) is 3.20. The van der Waals surface area contributed by atoms with Gasteiger partial charge in [0.2, 0.25) is 15.9 Å². The molecule has 0 saturated carbocycles. The van der Waals surface area contributed by atoms with Gasteiger partial charge >= 0.3 is 5.69 Å². The first-order chi connectivity index (χ1) is 11.7. The molecule has 0 radical (unpaired) electrons. The third-order valence-corrected chi connectivity index (χ3v) is 5.86. The van der Waals surface area contributed by atoms with Gasteiger partial charge in [0.25, 0.3) is 0 Å². The fourth-order valence-corrected chi connectivity index (χ4v) is 4.15. The van der Waals surface area contributed by atoms with Crippen LogP contribution in [0.3, 0.4) is 0 Å². The highest BCUT2D eigenvalue weighted by atomic mass is 32.2. The summed E-state index contributed by atoms with van der Waals surface area (Å²) in [6.07, 6.45) is 3.76. The quantitative estimate of drug-likeness (QED) is 0.738. The van der Waals surface area contributed by atoms with E-state index in [1.54, 1.807) is 13.8 Å². The predicted octanol–water partition coefficient (Wildman–Crippen LogP) is 0.107. The number of aromatic amines is 1. The second-order valence-corrected chi connectivity index (χ2v) is 8.65. The minimum Gasteiger partial charge on any atom is -0.356 e. The lowest BCUT2D eigenvalue weighted by Gasteiger charge is -2.31. The molecule has 1 amide bonds. The van der Waals surface area contributed by atoms with Gasteiger partial charge in [-0.15, -0.1) is 0 Å². The normalized spacial score (nSPS) is 18.9. The summed E-state index contributed by atoms with van der Waals surface area (Å²) in [5.74, 6) is 0.0622. The van der Waals surface area contributed by atoms with E-state index in [0.717, 1.165) is 24.1 Å². The summed E-state index contributed by atoms with van der Waals surface area (Å²) in [6, 6.07) is 0. The van der Waals surface area contributed by atoms with Crippen LogP contribution < -0.4 is 11.0 Å². The summed E-state index contributed by atoms with van der Waals surface area (Å²) in [7, 11) is -3.17. The Bertz CT molecular complexity index is 762. The van der Waals surface area contributed by atoms with Crippen LogP contribution in [0.4, 0.5) is 0 Å². The Morgan fingerprint density at radius 3 is 2.76 bits per heavy atom. The van der Waals surface area contributed by atoms with Crippen LogP contribution in [0.15, 0.2) is 4.79 Å². The standard InChI is InChI=1S/C16H26N4O4S/c1-11-14(12(2)19-16(22)18-11)6-7-15(21)17-9-13-5-4-8-20(10-13)25(3,23)24/h13H,4-10H2,1-3H3,(H,17,21)(H,18,19,22)/t13-/m0/s1. The molecule has 140 valence electrons. The number of nitrogens with zero attached hydrogens (tertiary/aromatic N) is 2. The Balaban J connectivity index is 1.82. The Morgan fingerprint density at radius 1 is 1.40 bits per heavy atom. The third-order valence-electron chi connectivity index (χ3n) is 4.59. The number of carbonyl (C=O) groups excluding carboxylic acids is 1. The van der Waals surface area contributed by atoms with Crippen molar-refractivity contribution in [1.29, 1.82) is 0 Å². The molecule has 1 atom stereocenters. The molecule has 2 heterocycles. The van der Waals surface area contributed by atoms with Gasteiger partial charge in [0.05, 0.1) is 6.26 Å². The number of amides is 1. The number of sulfonamides is 1. The van der Waals surface area contributed by atoms with Crippen molar-refractivity contribution in [2.75, 3.05) is 25.9 Å². The highest BCUT2D eigenvalue weighted by molar-refractivity contribution is 7.88. The van der Waals surface area contributed by atoms with E-state index < -0.39 is 10.0 Å². The zero-order valence-electron chi connectivity index (χ0n) is 15.0. The van der Waals surface area contributed by atoms with E-state index in [4.69, 9.17) is 0 Å². The van der Waals surface area contributed by atoms with Gasteiger partial charge in [-0.3, -0.25) is 4.79 Å². The van der Waals surface area contributed by atoms with Crippen LogP contribution >= 0.6 is 0 Å². The van der Waals surface area contributed by atoms with Gasteiger partial charge < -0.3 is 10.3 Å². The predicted molar refractivity (Wildman–Crippen MR) is 94.8 cm³/mol. The van der Waals surface area contributed by atoms with E-state index in [1.165, 1.54) is 10.6 Å². The van der Waals surface area contributed by atoms with Crippen LogP contribution in [0.2, 0.25) is 0 Å². The number of H-pyrrole nitrogens is 1. The van der Waals surface area contributed by atoms with Gasteiger partial charge in [-0.2, -0.15) is 4.98 Å². The number of carbonyl (C=O) groups is 1. The molecule has 2 N–H and O–H groups in total. The molecule has 0 unspecified atom stereocenters. The van der Waals surface area contributed by atoms with Gasteiger partial charge in [0.15, 0.2) is 0 Å². The van der Waals surface area contributed by atoms with Crippen molar-refractivity contribution < 1.29 is 13.2 Å². The zero-order valence-corrected chi connectivity index (χ0v) is 15.8. The summed E-state index contributed by atoms with van der Waals surface area (Å²) >= 11 is 0. The summed E-state index contributed by atoms with van der Waals surface area (Å²) in [4.78, 5) is 29.9. The van der Waals surface area contributed by atoms with Crippen molar-refractivity contribution in [3.8, 4) is 0 Å². The lowest BCUT2D eigenvalue weighted by molar-refractivity contribution is -0.121. The molecular formula is C16H26N4O4S. The van der Waals surface area contributed by atoms with E-state index in [-0.39, 0.29) is 17.5 Å². The van der Waals surface area contributed by atoms with E-state index in [0.29, 0.717) is 38.2 Å². The average molecular weight is 370 g/mol. The van der Waals surface area contributed by atoms with Crippen molar-refractivity contribution in [1.82, 2.24) is 19.6 Å². The van der Waals surface area contributed by atoms with Crippen molar-refractivity contribution >= 4 is 15.9 Å². The average Bonchev–Trinajstić information content (AvgIpc) is 2.51. The number of rotatable bonds is 6. The van der Waals surface area contributed by atoms with Crippen LogP contribution in [-0.4, -0.2) is 54.5 Å². The molecule has 1 aliphatic rings. The minimum absolute atomic E-state index is 0.0820. The van der Waals surface area contributed by atoms with Crippen LogP contribution in [0.1, 0.15) is 36.2 Å². The maximum atomic E-state index is 12.1. The summed E-state index contributed by atoms with van der Waals surface area (Å²) in [6.45, 7) is 5.05. The largest absolute Gasteiger partial charge is 0.356 e. The highest BCUT2D eigenvalue weighted by Gasteiger charge is 2.25. The molecule has 1 aliphatic heterocycles. The molecule has 1 aromatic heterocycles. The van der Waals surface area contributed by atoms with E-state index in [2.05, 4.69) is 15.3 Å². The highest BCUT2D eigenvalue weighted by Crippen LogP contribution is 2.18. The van der Waals surface area contributed by atoms with Crippen LogP contribution in [0.25, 0.3) is 0 Å². The molecule has 8 nitrogen and oxygen atoms in total. The Kier molecular flexibility index (Phi) is 6.34. The number of aromatic nitrogens is 2. The van der Waals surface area contributed by atoms with E-state index in [1.807, 2.05) is 0 Å². The number of hydrogen-bond acceptors (Lipinski definition) is 5. The molecule has 1 saturated heterocycles. The van der Waals surface area contributed by atoms with Crippen LogP contribution in [0, 0.1) is 19.8 Å². The van der Waals surface area contributed by atoms with Gasteiger partial charge in [0, 0.05) is 37.4 Å². The van der Waals surface area contributed by atoms with Crippen LogP contribution in [-0.2, 0) is 21.2 Å². The Morgan fingerprint density at radius 2 is 2.12 bits per heavy atom. The Hall–Kier alpha value is -1.74. The maximum Gasteiger partial charge on any atom is 0.345 e. The van der Waals surface area contributed by atoms with Crippen molar-refractivity contribution in [3.05, 3.63) is 27.4 Å². The molecule has 0 aromatic carbocycles. The molecular weight excluding hydrogens is 344 g/mol. The van der Waals surface area contributed by atoms with Crippen molar-refractivity contribution in [2.24, 2.45) is 5.92 Å². The lowest BCUT2D eigenvalue weighted by Crippen LogP contribution is -2.43. The summed E-state index contributed by atoms with van der Waals surface area (Å²) < 4.78 is 24.7. The smallest absolute Gasteiger partial charge is 0.345 e. The first-order valence-electron chi connectivity index (χ1n) is 8.45. The third kappa shape index (κ3) is 5.64. The minimum atomic E-state index is -3.17. The van der Waals surface area contributed by atoms with E-state index in [9.17, 15) is 18.0 Å². The summed E-state index contributed by atoms with van der Waals surface area (Å²) in [5.41, 5.74) is 1.89. The van der Waals surface area contributed by atoms with Gasteiger partial charge in [-0.05, 0) is 44.6 Å². The number of nitrogens with one attached hydrogen (secondary N) is 2. The molecule has 0 spiro atoms. The first kappa shape index (κ1) is 19.6. The number of aryl methyl sites for hydroxylation is 2. The van der Waals surface area contributed by atoms with Gasteiger partial charge in [0.1, 0.15) is 0 Å². The molecule has 1 fully saturated rings. The number of piperidine rings is 1. The number of hydrogen-bond donors (Lipinski definition) is 2. The Labute approximate surface area is 148 Å². The zero-order chi connectivity index (χ0) is 18.6. The first-order valence-corrected chi connectivity index (χ1v) is 10.3. The SMILES string of the molecule is Cc1nc(=O)[nH]c(C)c1CCC(=O)NC[C@@H]1CCCN(S(C)(=O)=O)C1. The van der Waals surface area contributed by atoms with E-state index >= 15 is 0 Å². The summed E-state index contributed by atoms with van der Waals surface area (Å²) in [5, 5.41) is 2.89. The molecule has 9 heteroatoms. The molecule has 0 bridgehead atoms. The van der Waals surface area contributed by atoms with Crippen molar-refractivity contribution in [2.45, 2.75) is 39.5 Å². The monoisotopic (exact) mass is 370 g/mol. The van der Waals surface area contributed by atoms with Gasteiger partial charge in [-0.25, -0.2) is 17.5 Å². The second kappa shape index (κ2) is 8.09. The van der Waals surface area contributed by atoms with Crippen LogP contribution in [0.5, 0.6) is 0 Å². The second-order valence-electron chi connectivity index (χ2n) is 6.66.